The van der Waals surface area contributed by atoms with Gasteiger partial charge in [-0.25, -0.2) is 9.97 Å². The third kappa shape index (κ3) is 6.25. The highest BCUT2D eigenvalue weighted by Crippen LogP contribution is 2.36. The first kappa shape index (κ1) is 31.0. The van der Waals surface area contributed by atoms with Gasteiger partial charge in [-0.1, -0.05) is 25.1 Å². The number of hydrogen-bond donors (Lipinski definition) is 2. The summed E-state index contributed by atoms with van der Waals surface area (Å²) in [6.07, 6.45) is 1.80. The van der Waals surface area contributed by atoms with Crippen molar-refractivity contribution in [3.63, 3.8) is 0 Å². The monoisotopic (exact) mass is 612 g/mol. The fourth-order valence-electron chi connectivity index (χ4n) is 5.71. The first-order chi connectivity index (χ1) is 20.8. The van der Waals surface area contributed by atoms with Crippen LogP contribution in [0.4, 0.5) is 11.6 Å². The van der Waals surface area contributed by atoms with E-state index in [9.17, 15) is 4.79 Å². The molecule has 0 saturated carbocycles. The lowest BCUT2D eigenvalue weighted by atomic mass is 9.95. The summed E-state index contributed by atoms with van der Waals surface area (Å²) in [6, 6.07) is 19.3. The summed E-state index contributed by atoms with van der Waals surface area (Å²) in [5.41, 5.74) is 6.39. The van der Waals surface area contributed by atoms with Gasteiger partial charge in [0.1, 0.15) is 11.5 Å². The van der Waals surface area contributed by atoms with Crippen molar-refractivity contribution >= 4 is 34.9 Å². The molecule has 1 saturated heterocycles. The van der Waals surface area contributed by atoms with E-state index in [-0.39, 0.29) is 25.4 Å². The van der Waals surface area contributed by atoms with E-state index in [0.29, 0.717) is 47.7 Å². The van der Waals surface area contributed by atoms with Crippen molar-refractivity contribution in [3.05, 3.63) is 94.1 Å². The number of nitrogens with zero attached hydrogens (tertiary/aromatic N) is 4. The molecule has 4 aromatic rings. The van der Waals surface area contributed by atoms with Gasteiger partial charge in [0.25, 0.3) is 5.91 Å². The average molecular weight is 613 g/mol. The summed E-state index contributed by atoms with van der Waals surface area (Å²) in [5.74, 6) is 1.81. The van der Waals surface area contributed by atoms with Crippen LogP contribution in [0.5, 0.6) is 11.5 Å². The average Bonchev–Trinajstić information content (AvgIpc) is 3.16. The molecule has 44 heavy (non-hydrogen) atoms. The van der Waals surface area contributed by atoms with Crippen LogP contribution < -0.4 is 20.1 Å². The second-order valence-corrected chi connectivity index (χ2v) is 11.3. The molecule has 1 aromatic heterocycles. The van der Waals surface area contributed by atoms with Crippen molar-refractivity contribution in [1.29, 1.82) is 0 Å². The number of rotatable bonds is 6. The van der Waals surface area contributed by atoms with Gasteiger partial charge < -0.3 is 25.0 Å². The van der Waals surface area contributed by atoms with Crippen LogP contribution >= 0.6 is 11.6 Å². The van der Waals surface area contributed by atoms with Crippen LogP contribution in [0.1, 0.15) is 48.3 Å². The lowest BCUT2D eigenvalue weighted by Crippen LogP contribution is -2.55. The first-order valence-electron chi connectivity index (χ1n) is 14.2. The van der Waals surface area contributed by atoms with E-state index in [0.717, 1.165) is 39.3 Å². The minimum absolute atomic E-state index is 0. The SMILES string of the molecule is C.COc1ccc(C2=NCc3cnc(Nc4ccc(C(=O)N5CC(C)NC(C)C5)cc4)nc3-c3ccc(Cl)cc32)c(OC)c1. The van der Waals surface area contributed by atoms with Gasteiger partial charge in [-0.05, 0) is 62.4 Å². The maximum absolute atomic E-state index is 13.1. The van der Waals surface area contributed by atoms with Crippen LogP contribution in [-0.2, 0) is 6.54 Å². The van der Waals surface area contributed by atoms with Crippen LogP contribution in [0.15, 0.2) is 71.9 Å². The number of benzene rings is 3. The van der Waals surface area contributed by atoms with Crippen LogP contribution in [0.2, 0.25) is 5.02 Å². The Balaban J connectivity index is 0.00000384. The smallest absolute Gasteiger partial charge is 0.253 e. The number of ether oxygens (including phenoxy) is 2. The molecule has 0 spiro atoms. The molecular formula is C34H37ClN6O3. The van der Waals surface area contributed by atoms with Gasteiger partial charge in [-0.3, -0.25) is 9.79 Å². The van der Waals surface area contributed by atoms with E-state index >= 15 is 0 Å². The molecule has 0 aliphatic carbocycles. The number of carbonyl (C=O) groups excluding carboxylic acids is 1. The summed E-state index contributed by atoms with van der Waals surface area (Å²) in [5, 5.41) is 7.35. The van der Waals surface area contributed by atoms with Crippen molar-refractivity contribution in [3.8, 4) is 22.8 Å². The molecular weight excluding hydrogens is 576 g/mol. The van der Waals surface area contributed by atoms with Gasteiger partial charge in [-0.2, -0.15) is 0 Å². The van der Waals surface area contributed by atoms with E-state index in [2.05, 4.69) is 29.5 Å². The number of nitrogens with one attached hydrogen (secondary N) is 2. The molecule has 2 aliphatic heterocycles. The number of piperazine rings is 1. The number of anilines is 2. The Morgan fingerprint density at radius 3 is 2.39 bits per heavy atom. The van der Waals surface area contributed by atoms with E-state index in [1.165, 1.54) is 0 Å². The van der Waals surface area contributed by atoms with E-state index < -0.39 is 0 Å². The summed E-state index contributed by atoms with van der Waals surface area (Å²) in [4.78, 5) is 29.5. The van der Waals surface area contributed by atoms with E-state index in [1.807, 2.05) is 65.6 Å². The standard InChI is InChI=1S/C33H33ClN6O3.CH4/c1-19-17-40(18-20(2)37-19)32(41)21-5-8-24(9-6-21)38-33-36-16-22-15-35-31(27-12-10-25(42-3)14-29(27)43-4)28-13-23(34)7-11-26(28)30(22)39-33;/h5-14,16,19-20,37H,15,17-18H2,1-4H3,(H,36,38,39);1H4. The number of amides is 1. The van der Waals surface area contributed by atoms with Crippen molar-refractivity contribution in [1.82, 2.24) is 20.2 Å². The molecule has 10 heteroatoms. The number of methoxy groups -OCH3 is 2. The second-order valence-electron chi connectivity index (χ2n) is 10.9. The molecule has 2 atom stereocenters. The van der Waals surface area contributed by atoms with Crippen molar-refractivity contribution in [2.45, 2.75) is 39.9 Å². The molecule has 0 radical (unpaired) electrons. The molecule has 3 heterocycles. The van der Waals surface area contributed by atoms with Crippen LogP contribution in [0, 0.1) is 0 Å². The summed E-state index contributed by atoms with van der Waals surface area (Å²) >= 11 is 6.49. The maximum Gasteiger partial charge on any atom is 0.253 e. The van der Waals surface area contributed by atoms with Crippen molar-refractivity contribution in [2.24, 2.45) is 4.99 Å². The lowest BCUT2D eigenvalue weighted by molar-refractivity contribution is 0.0674. The van der Waals surface area contributed by atoms with Crippen molar-refractivity contribution < 1.29 is 14.3 Å². The number of aliphatic imine (C=N–C) groups is 1. The van der Waals surface area contributed by atoms with Gasteiger partial charge in [0.2, 0.25) is 5.95 Å². The summed E-state index contributed by atoms with van der Waals surface area (Å²) < 4.78 is 11.1. The topological polar surface area (TPSA) is 101 Å². The molecule has 0 bridgehead atoms. The molecule has 2 N–H and O–H groups in total. The number of halogens is 1. The lowest BCUT2D eigenvalue weighted by Gasteiger charge is -2.36. The number of aromatic nitrogens is 2. The zero-order valence-electron chi connectivity index (χ0n) is 24.5. The Morgan fingerprint density at radius 2 is 1.68 bits per heavy atom. The molecule has 1 fully saturated rings. The fraction of sp³-hybridized carbons (Fsp3) is 0.294. The Labute approximate surface area is 263 Å². The normalized spacial score (nSPS) is 17.3. The molecule has 6 rings (SSSR count). The third-order valence-electron chi connectivity index (χ3n) is 7.66. The molecule has 9 nitrogen and oxygen atoms in total. The minimum atomic E-state index is 0. The predicted octanol–water partition coefficient (Wildman–Crippen LogP) is 6.37. The highest BCUT2D eigenvalue weighted by molar-refractivity contribution is 6.31. The number of hydrogen-bond acceptors (Lipinski definition) is 8. The van der Waals surface area contributed by atoms with Crippen molar-refractivity contribution in [2.75, 3.05) is 32.6 Å². The highest BCUT2D eigenvalue weighted by atomic mass is 35.5. The number of fused-ring (bicyclic) bond motifs is 3. The quantitative estimate of drug-likeness (QED) is 0.261. The van der Waals surface area contributed by atoms with Gasteiger partial charge >= 0.3 is 0 Å². The first-order valence-corrected chi connectivity index (χ1v) is 14.6. The molecule has 2 aliphatic rings. The fourth-order valence-corrected chi connectivity index (χ4v) is 5.88. The molecule has 228 valence electrons. The van der Waals surface area contributed by atoms with E-state index in [4.69, 9.17) is 31.1 Å². The zero-order valence-corrected chi connectivity index (χ0v) is 25.3. The summed E-state index contributed by atoms with van der Waals surface area (Å²) in [6.45, 7) is 5.95. The zero-order chi connectivity index (χ0) is 30.1. The second kappa shape index (κ2) is 13.0. The Morgan fingerprint density at radius 1 is 0.955 bits per heavy atom. The Kier molecular flexibility index (Phi) is 9.17. The molecule has 1 amide bonds. The minimum Gasteiger partial charge on any atom is -0.497 e. The van der Waals surface area contributed by atoms with Gasteiger partial charge in [0.05, 0.1) is 32.2 Å². The molecule has 3 aromatic carbocycles. The maximum atomic E-state index is 13.1. The Bertz CT molecular complexity index is 1700. The van der Waals surface area contributed by atoms with Gasteiger partial charge in [0.15, 0.2) is 0 Å². The predicted molar refractivity (Wildman–Crippen MR) is 176 cm³/mol. The third-order valence-corrected chi connectivity index (χ3v) is 7.90. The van der Waals surface area contributed by atoms with Crippen LogP contribution in [0.3, 0.4) is 0 Å². The largest absolute Gasteiger partial charge is 0.497 e. The van der Waals surface area contributed by atoms with Gasteiger partial charge in [-0.15, -0.1) is 0 Å². The number of carbonyl (C=O) groups is 1. The molecule has 2 unspecified atom stereocenters. The summed E-state index contributed by atoms with van der Waals surface area (Å²) in [7, 11) is 3.25. The highest BCUT2D eigenvalue weighted by Gasteiger charge is 2.26. The van der Waals surface area contributed by atoms with E-state index in [1.54, 1.807) is 20.4 Å². The van der Waals surface area contributed by atoms with Crippen LogP contribution in [-0.4, -0.2) is 65.9 Å². The van der Waals surface area contributed by atoms with Gasteiger partial charge in [0, 0.05) is 76.0 Å². The Hall–Kier alpha value is -4.47. The van der Waals surface area contributed by atoms with Crippen LogP contribution in [0.25, 0.3) is 11.3 Å².